The Kier molecular flexibility index (Phi) is 4.07. The molecule has 3 heterocycles. The molecule has 2 aromatic heterocycles. The zero-order chi connectivity index (χ0) is 15.5. The summed E-state index contributed by atoms with van der Waals surface area (Å²) in [5, 5.41) is 3.26. The second-order valence-electron chi connectivity index (χ2n) is 4.86. The number of anilines is 1. The van der Waals surface area contributed by atoms with Gasteiger partial charge in [0, 0.05) is 36.8 Å². The molecule has 3 rings (SSSR count). The van der Waals surface area contributed by atoms with Crippen LogP contribution in [0, 0.1) is 0 Å². The Hall–Kier alpha value is -2.39. The van der Waals surface area contributed by atoms with Crippen LogP contribution >= 0.6 is 11.3 Å². The molecule has 0 unspecified atom stereocenters. The molecule has 0 radical (unpaired) electrons. The van der Waals surface area contributed by atoms with Crippen molar-refractivity contribution in [2.24, 2.45) is 5.73 Å². The van der Waals surface area contributed by atoms with Gasteiger partial charge in [0.05, 0.1) is 18.4 Å². The minimum Gasteiger partial charge on any atom is -0.369 e. The Labute approximate surface area is 130 Å². The molecule has 0 saturated heterocycles. The van der Waals surface area contributed by atoms with Crippen LogP contribution in [0.25, 0.3) is 0 Å². The average molecular weight is 318 g/mol. The summed E-state index contributed by atoms with van der Waals surface area (Å²) in [5.74, 6) is -0.683. The number of nitrogens with zero attached hydrogens (tertiary/aromatic N) is 4. The van der Waals surface area contributed by atoms with Crippen LogP contribution in [0.3, 0.4) is 0 Å². The number of hydrogen-bond donors (Lipinski definition) is 2. The number of carbonyl (C=O) groups excluding carboxylic acids is 2. The molecule has 0 saturated carbocycles. The Morgan fingerprint density at radius 3 is 3.00 bits per heavy atom. The van der Waals surface area contributed by atoms with Crippen LogP contribution in [0.4, 0.5) is 5.13 Å². The highest BCUT2D eigenvalue weighted by Crippen LogP contribution is 2.28. The fourth-order valence-electron chi connectivity index (χ4n) is 2.23. The molecule has 2 amide bonds. The summed E-state index contributed by atoms with van der Waals surface area (Å²) in [6.07, 6.45) is 5.10. The van der Waals surface area contributed by atoms with Crippen LogP contribution in [0.15, 0.2) is 18.6 Å². The van der Waals surface area contributed by atoms with Gasteiger partial charge in [0.25, 0.3) is 5.91 Å². The number of hydrogen-bond acceptors (Lipinski definition) is 7. The van der Waals surface area contributed by atoms with E-state index in [-0.39, 0.29) is 24.1 Å². The number of fused-ring (bicyclic) bond motifs is 1. The second-order valence-corrected chi connectivity index (χ2v) is 5.94. The first-order chi connectivity index (χ1) is 10.6. The molecule has 9 heteroatoms. The van der Waals surface area contributed by atoms with Crippen LogP contribution in [0.5, 0.6) is 0 Å². The van der Waals surface area contributed by atoms with E-state index in [0.717, 1.165) is 23.5 Å². The fourth-order valence-corrected chi connectivity index (χ4v) is 3.28. The number of nitrogens with two attached hydrogens (primary N) is 1. The minimum absolute atomic E-state index is 0.235. The third-order valence-corrected chi connectivity index (χ3v) is 4.20. The summed E-state index contributed by atoms with van der Waals surface area (Å²) in [4.78, 5) is 38.2. The first-order valence-electron chi connectivity index (χ1n) is 6.68. The lowest BCUT2D eigenvalue weighted by molar-refractivity contribution is -0.119. The second kappa shape index (κ2) is 6.16. The molecule has 0 bridgehead atoms. The van der Waals surface area contributed by atoms with Gasteiger partial charge in [-0.15, -0.1) is 11.3 Å². The molecular weight excluding hydrogens is 304 g/mol. The van der Waals surface area contributed by atoms with Gasteiger partial charge >= 0.3 is 0 Å². The third kappa shape index (κ3) is 3.26. The Morgan fingerprint density at radius 1 is 1.41 bits per heavy atom. The predicted octanol–water partition coefficient (Wildman–Crippen LogP) is 0.0288. The zero-order valence-corrected chi connectivity index (χ0v) is 12.5. The maximum absolute atomic E-state index is 12.0. The lowest BCUT2D eigenvalue weighted by Gasteiger charge is -2.24. The zero-order valence-electron chi connectivity index (χ0n) is 11.7. The van der Waals surface area contributed by atoms with Crippen molar-refractivity contribution in [2.75, 3.05) is 18.4 Å². The highest BCUT2D eigenvalue weighted by atomic mass is 32.1. The number of nitrogens with one attached hydrogen (secondary N) is 1. The normalized spacial score (nSPS) is 14.4. The van der Waals surface area contributed by atoms with Crippen LogP contribution in [0.1, 0.15) is 21.1 Å². The fraction of sp³-hybridized carbons (Fsp3) is 0.308. The topological polar surface area (TPSA) is 114 Å². The smallest absolute Gasteiger partial charge is 0.277 e. The van der Waals surface area contributed by atoms with E-state index in [1.807, 2.05) is 4.90 Å². The molecule has 0 atom stereocenters. The SMILES string of the molecule is NC(=O)CN1CCc2nc(NC(=O)c3cnccn3)sc2C1. The van der Waals surface area contributed by atoms with E-state index in [9.17, 15) is 9.59 Å². The van der Waals surface area contributed by atoms with E-state index in [4.69, 9.17) is 5.73 Å². The first-order valence-corrected chi connectivity index (χ1v) is 7.50. The Bertz CT molecular complexity index is 702. The number of aromatic nitrogens is 3. The van der Waals surface area contributed by atoms with E-state index in [0.29, 0.717) is 11.7 Å². The van der Waals surface area contributed by atoms with Crippen LogP contribution in [-0.2, 0) is 17.8 Å². The maximum atomic E-state index is 12.0. The summed E-state index contributed by atoms with van der Waals surface area (Å²) >= 11 is 1.40. The first kappa shape index (κ1) is 14.5. The third-order valence-electron chi connectivity index (χ3n) is 3.21. The van der Waals surface area contributed by atoms with Gasteiger partial charge in [-0.1, -0.05) is 0 Å². The van der Waals surface area contributed by atoms with Gasteiger partial charge in [-0.25, -0.2) is 9.97 Å². The van der Waals surface area contributed by atoms with E-state index in [1.165, 1.54) is 29.9 Å². The lowest BCUT2D eigenvalue weighted by Crippen LogP contribution is -2.37. The molecule has 2 aromatic rings. The number of thiazole rings is 1. The summed E-state index contributed by atoms with van der Waals surface area (Å²) in [5.41, 5.74) is 6.42. The molecule has 0 aromatic carbocycles. The maximum Gasteiger partial charge on any atom is 0.277 e. The standard InChI is InChI=1S/C13H14N6O2S/c14-11(20)7-19-4-1-8-10(6-19)22-13(17-8)18-12(21)9-5-15-2-3-16-9/h2-3,5H,1,4,6-7H2,(H2,14,20)(H,17,18,21). The molecule has 0 aliphatic carbocycles. The van der Waals surface area contributed by atoms with Crippen molar-refractivity contribution < 1.29 is 9.59 Å². The minimum atomic E-state index is -0.343. The predicted molar refractivity (Wildman–Crippen MR) is 80.3 cm³/mol. The highest BCUT2D eigenvalue weighted by molar-refractivity contribution is 7.15. The Balaban J connectivity index is 1.69. The van der Waals surface area contributed by atoms with Gasteiger partial charge < -0.3 is 5.73 Å². The number of rotatable bonds is 4. The molecule has 0 fully saturated rings. The van der Waals surface area contributed by atoms with Crippen LogP contribution < -0.4 is 11.1 Å². The molecular formula is C13H14N6O2S. The van der Waals surface area contributed by atoms with Gasteiger partial charge in [0.15, 0.2) is 5.13 Å². The Morgan fingerprint density at radius 2 is 2.27 bits per heavy atom. The molecule has 22 heavy (non-hydrogen) atoms. The van der Waals surface area contributed by atoms with Crippen molar-refractivity contribution >= 4 is 28.3 Å². The van der Waals surface area contributed by atoms with Crippen molar-refractivity contribution in [1.82, 2.24) is 19.9 Å². The van der Waals surface area contributed by atoms with Crippen molar-refractivity contribution in [3.8, 4) is 0 Å². The molecule has 3 N–H and O–H groups in total. The number of amides is 2. The largest absolute Gasteiger partial charge is 0.369 e. The van der Waals surface area contributed by atoms with Gasteiger partial charge in [-0.05, 0) is 0 Å². The summed E-state index contributed by atoms with van der Waals surface area (Å²) < 4.78 is 0. The molecule has 1 aliphatic rings. The monoisotopic (exact) mass is 318 g/mol. The van der Waals surface area contributed by atoms with E-state index in [1.54, 1.807) is 0 Å². The van der Waals surface area contributed by atoms with Gasteiger partial charge in [0.2, 0.25) is 5.91 Å². The lowest BCUT2D eigenvalue weighted by atomic mass is 10.2. The highest BCUT2D eigenvalue weighted by Gasteiger charge is 2.22. The molecule has 1 aliphatic heterocycles. The van der Waals surface area contributed by atoms with Crippen molar-refractivity contribution in [1.29, 1.82) is 0 Å². The van der Waals surface area contributed by atoms with E-state index >= 15 is 0 Å². The summed E-state index contributed by atoms with van der Waals surface area (Å²) in [6, 6.07) is 0. The van der Waals surface area contributed by atoms with Gasteiger partial charge in [0.1, 0.15) is 5.69 Å². The molecule has 8 nitrogen and oxygen atoms in total. The van der Waals surface area contributed by atoms with Gasteiger partial charge in [-0.3, -0.25) is 24.8 Å². The summed E-state index contributed by atoms with van der Waals surface area (Å²) in [7, 11) is 0. The molecule has 114 valence electrons. The van der Waals surface area contributed by atoms with E-state index in [2.05, 4.69) is 20.3 Å². The van der Waals surface area contributed by atoms with Crippen LogP contribution in [-0.4, -0.2) is 44.8 Å². The van der Waals surface area contributed by atoms with Crippen molar-refractivity contribution in [3.63, 3.8) is 0 Å². The van der Waals surface area contributed by atoms with Gasteiger partial charge in [-0.2, -0.15) is 0 Å². The van der Waals surface area contributed by atoms with Crippen LogP contribution in [0.2, 0.25) is 0 Å². The summed E-state index contributed by atoms with van der Waals surface area (Å²) in [6.45, 7) is 1.59. The van der Waals surface area contributed by atoms with Crippen molar-refractivity contribution in [2.45, 2.75) is 13.0 Å². The number of carbonyl (C=O) groups is 2. The van der Waals surface area contributed by atoms with Crippen molar-refractivity contribution in [3.05, 3.63) is 34.9 Å². The molecule has 0 spiro atoms. The average Bonchev–Trinajstić information content (AvgIpc) is 2.89. The number of primary amides is 1. The van der Waals surface area contributed by atoms with E-state index < -0.39 is 0 Å². The quantitative estimate of drug-likeness (QED) is 0.822.